The average molecular weight is 429 g/mol. The van der Waals surface area contributed by atoms with Crippen molar-refractivity contribution < 1.29 is 34.4 Å². The Morgan fingerprint density at radius 2 is 2.17 bits per heavy atom. The number of ketones is 1. The van der Waals surface area contributed by atoms with Gasteiger partial charge in [0.2, 0.25) is 5.78 Å². The second-order valence-corrected chi connectivity index (χ2v) is 8.51. The summed E-state index contributed by atoms with van der Waals surface area (Å²) in [5.41, 5.74) is -3.06. The molecule has 0 radical (unpaired) electrons. The van der Waals surface area contributed by atoms with Crippen LogP contribution < -0.4 is 0 Å². The highest BCUT2D eigenvalue weighted by atomic mass is 35.5. The Kier molecular flexibility index (Phi) is 7.00. The second-order valence-electron chi connectivity index (χ2n) is 8.13. The average Bonchev–Trinajstić information content (AvgIpc) is 2.66. The zero-order chi connectivity index (χ0) is 22.1. The molecule has 0 amide bonds. The van der Waals surface area contributed by atoms with E-state index in [1.54, 1.807) is 0 Å². The third-order valence-electron chi connectivity index (χ3n) is 5.62. The summed E-state index contributed by atoms with van der Waals surface area (Å²) < 4.78 is 10.9. The SMILES string of the molecule is CC[C@H](C)[C@@H](O)C(C)(O)/C=C/C1=CC2=C(Cl)C(=O)[C@](C)(O)[C@H](OC(C)=O)[C@H]2CO1. The van der Waals surface area contributed by atoms with Crippen LogP contribution >= 0.6 is 11.6 Å². The van der Waals surface area contributed by atoms with Gasteiger partial charge in [0.05, 0.1) is 23.7 Å². The van der Waals surface area contributed by atoms with Crippen molar-refractivity contribution in [2.75, 3.05) is 6.61 Å². The lowest BCUT2D eigenvalue weighted by Crippen LogP contribution is -2.57. The first-order valence-corrected chi connectivity index (χ1v) is 9.98. The van der Waals surface area contributed by atoms with Crippen LogP contribution in [0.1, 0.15) is 41.0 Å². The molecule has 6 atom stereocenters. The van der Waals surface area contributed by atoms with Crippen molar-refractivity contribution in [2.45, 2.75) is 64.4 Å². The van der Waals surface area contributed by atoms with Crippen LogP contribution in [0.2, 0.25) is 0 Å². The Bertz CT molecular complexity index is 763. The molecule has 8 heteroatoms. The van der Waals surface area contributed by atoms with E-state index in [2.05, 4.69) is 0 Å². The van der Waals surface area contributed by atoms with Crippen LogP contribution in [-0.4, -0.2) is 57.1 Å². The van der Waals surface area contributed by atoms with E-state index in [4.69, 9.17) is 21.1 Å². The van der Waals surface area contributed by atoms with Crippen LogP contribution in [0.15, 0.2) is 34.6 Å². The summed E-state index contributed by atoms with van der Waals surface area (Å²) in [5.74, 6) is -1.79. The summed E-state index contributed by atoms with van der Waals surface area (Å²) in [4.78, 5) is 24.0. The van der Waals surface area contributed by atoms with Gasteiger partial charge in [0, 0.05) is 6.92 Å². The fraction of sp³-hybridized carbons (Fsp3) is 0.619. The lowest BCUT2D eigenvalue weighted by Gasteiger charge is -2.42. The first kappa shape index (κ1) is 23.6. The van der Waals surface area contributed by atoms with Crippen LogP contribution in [0.5, 0.6) is 0 Å². The number of hydrogen-bond donors (Lipinski definition) is 3. The number of Topliss-reactive ketones (excluding diaryl/α,β-unsaturated/α-hetero) is 1. The largest absolute Gasteiger partial charge is 0.493 e. The normalized spacial score (nSPS) is 31.5. The van der Waals surface area contributed by atoms with Gasteiger partial charge in [-0.05, 0) is 43.6 Å². The number of aliphatic hydroxyl groups excluding tert-OH is 1. The van der Waals surface area contributed by atoms with E-state index < -0.39 is 41.1 Å². The van der Waals surface area contributed by atoms with Crippen molar-refractivity contribution in [2.24, 2.45) is 11.8 Å². The number of allylic oxidation sites excluding steroid dienone is 2. The Balaban J connectivity index is 2.35. The van der Waals surface area contributed by atoms with Gasteiger partial charge in [-0.2, -0.15) is 0 Å². The van der Waals surface area contributed by atoms with Gasteiger partial charge in [-0.25, -0.2) is 0 Å². The van der Waals surface area contributed by atoms with Gasteiger partial charge < -0.3 is 24.8 Å². The first-order chi connectivity index (χ1) is 13.3. The second kappa shape index (κ2) is 8.60. The van der Waals surface area contributed by atoms with E-state index in [9.17, 15) is 24.9 Å². The molecule has 0 spiro atoms. The minimum atomic E-state index is -1.97. The Morgan fingerprint density at radius 3 is 2.72 bits per heavy atom. The third-order valence-corrected chi connectivity index (χ3v) is 6.01. The predicted molar refractivity (Wildman–Crippen MR) is 107 cm³/mol. The maximum Gasteiger partial charge on any atom is 0.303 e. The maximum absolute atomic E-state index is 12.5. The van der Waals surface area contributed by atoms with Crippen molar-refractivity contribution >= 4 is 23.4 Å². The molecule has 162 valence electrons. The molecule has 3 N–H and O–H groups in total. The van der Waals surface area contributed by atoms with Crippen LogP contribution in [0, 0.1) is 11.8 Å². The number of hydrogen-bond acceptors (Lipinski definition) is 7. The van der Waals surface area contributed by atoms with E-state index in [1.807, 2.05) is 13.8 Å². The molecular formula is C21H29ClO7. The quantitative estimate of drug-likeness (QED) is 0.554. The zero-order valence-electron chi connectivity index (χ0n) is 17.3. The molecular weight excluding hydrogens is 400 g/mol. The van der Waals surface area contributed by atoms with Crippen molar-refractivity contribution in [3.63, 3.8) is 0 Å². The van der Waals surface area contributed by atoms with Gasteiger partial charge in [-0.1, -0.05) is 31.9 Å². The van der Waals surface area contributed by atoms with E-state index in [0.717, 1.165) is 0 Å². The highest BCUT2D eigenvalue weighted by Crippen LogP contribution is 2.41. The van der Waals surface area contributed by atoms with Crippen molar-refractivity contribution in [3.05, 3.63) is 34.6 Å². The summed E-state index contributed by atoms with van der Waals surface area (Å²) >= 11 is 6.21. The van der Waals surface area contributed by atoms with Gasteiger partial charge in [0.15, 0.2) is 5.60 Å². The van der Waals surface area contributed by atoms with Crippen molar-refractivity contribution in [1.82, 2.24) is 0 Å². The number of esters is 1. The molecule has 0 fully saturated rings. The Morgan fingerprint density at radius 1 is 1.55 bits per heavy atom. The lowest BCUT2D eigenvalue weighted by molar-refractivity contribution is -0.174. The number of rotatable bonds is 6. The number of aliphatic hydroxyl groups is 3. The number of carbonyl (C=O) groups is 2. The number of fused-ring (bicyclic) bond motifs is 1. The maximum atomic E-state index is 12.5. The Hall–Kier alpha value is -1.67. The lowest BCUT2D eigenvalue weighted by atomic mass is 9.74. The molecule has 0 bridgehead atoms. The van der Waals surface area contributed by atoms with Crippen LogP contribution in [0.4, 0.5) is 0 Å². The summed E-state index contributed by atoms with van der Waals surface area (Å²) in [5, 5.41) is 31.3. The van der Waals surface area contributed by atoms with Crippen LogP contribution in [0.25, 0.3) is 0 Å². The summed E-state index contributed by atoms with van der Waals surface area (Å²) in [6, 6.07) is 0. The Labute approximate surface area is 175 Å². The van der Waals surface area contributed by atoms with Crippen molar-refractivity contribution in [1.29, 1.82) is 0 Å². The van der Waals surface area contributed by atoms with Crippen LogP contribution in [0.3, 0.4) is 0 Å². The molecule has 2 aliphatic rings. The fourth-order valence-corrected chi connectivity index (χ4v) is 3.94. The van der Waals surface area contributed by atoms with Crippen LogP contribution in [-0.2, 0) is 19.1 Å². The molecule has 7 nitrogen and oxygen atoms in total. The third kappa shape index (κ3) is 4.74. The fourth-order valence-electron chi connectivity index (χ4n) is 3.55. The summed E-state index contributed by atoms with van der Waals surface area (Å²) in [7, 11) is 0. The van der Waals surface area contributed by atoms with Gasteiger partial charge in [0.25, 0.3) is 0 Å². The van der Waals surface area contributed by atoms with Crippen molar-refractivity contribution in [3.8, 4) is 0 Å². The number of carbonyl (C=O) groups excluding carboxylic acids is 2. The van der Waals surface area contributed by atoms with Gasteiger partial charge >= 0.3 is 5.97 Å². The molecule has 1 aliphatic heterocycles. The smallest absolute Gasteiger partial charge is 0.303 e. The molecule has 1 heterocycles. The first-order valence-electron chi connectivity index (χ1n) is 9.61. The molecule has 29 heavy (non-hydrogen) atoms. The minimum absolute atomic E-state index is 0.0131. The molecule has 0 saturated carbocycles. The zero-order valence-corrected chi connectivity index (χ0v) is 18.1. The molecule has 0 aromatic heterocycles. The van der Waals surface area contributed by atoms with E-state index in [1.165, 1.54) is 39.0 Å². The predicted octanol–water partition coefficient (Wildman–Crippen LogP) is 1.99. The standard InChI is InChI=1S/C21H29ClO7/c1-6-11(2)17(24)20(4,26)8-7-13-9-14-15(10-28-13)19(29-12(3)23)21(5,27)18(25)16(14)22/h7-9,11,15,17,19,24,26-27H,6,10H2,1-5H3/b8-7+/t11-,15-,17+,19+,20?,21-/m0/s1. The number of halogens is 1. The summed E-state index contributed by atoms with van der Waals surface area (Å²) in [6.45, 7) is 7.72. The molecule has 1 unspecified atom stereocenters. The van der Waals surface area contributed by atoms with E-state index >= 15 is 0 Å². The monoisotopic (exact) mass is 428 g/mol. The van der Waals surface area contributed by atoms with Gasteiger partial charge in [-0.15, -0.1) is 0 Å². The van der Waals surface area contributed by atoms with Gasteiger partial charge in [0.1, 0.15) is 17.5 Å². The molecule has 0 aromatic rings. The number of ether oxygens (including phenoxy) is 2. The molecule has 0 saturated heterocycles. The van der Waals surface area contributed by atoms with E-state index in [-0.39, 0.29) is 17.6 Å². The minimum Gasteiger partial charge on any atom is -0.493 e. The topological polar surface area (TPSA) is 113 Å². The molecule has 2 rings (SSSR count). The van der Waals surface area contributed by atoms with E-state index in [0.29, 0.717) is 17.8 Å². The summed E-state index contributed by atoms with van der Waals surface area (Å²) in [6.07, 6.45) is 3.03. The highest BCUT2D eigenvalue weighted by molar-refractivity contribution is 6.44. The molecule has 1 aliphatic carbocycles. The molecule has 0 aromatic carbocycles. The van der Waals surface area contributed by atoms with Gasteiger partial charge in [-0.3, -0.25) is 9.59 Å². The highest BCUT2D eigenvalue weighted by Gasteiger charge is 2.53.